The topological polar surface area (TPSA) is 24.5 Å². The van der Waals surface area contributed by atoms with Crippen molar-refractivity contribution in [1.29, 1.82) is 0 Å². The van der Waals surface area contributed by atoms with E-state index in [-0.39, 0.29) is 5.41 Å². The highest BCUT2D eigenvalue weighted by atomic mass is 16.5. The maximum atomic E-state index is 5.77. The number of ether oxygens (including phenoxy) is 1. The first-order valence-corrected chi connectivity index (χ1v) is 7.32. The van der Waals surface area contributed by atoms with Crippen LogP contribution >= 0.6 is 0 Å². The van der Waals surface area contributed by atoms with Crippen LogP contribution in [0.3, 0.4) is 0 Å². The molecule has 1 aliphatic carbocycles. The summed E-state index contributed by atoms with van der Waals surface area (Å²) in [6.45, 7) is 13.2. The van der Waals surface area contributed by atoms with Gasteiger partial charge in [0.25, 0.3) is 0 Å². The molecule has 0 aliphatic heterocycles. The third-order valence-electron chi connectivity index (χ3n) is 4.55. The zero-order valence-corrected chi connectivity index (χ0v) is 13.3. The Balaban J connectivity index is 2.41. The van der Waals surface area contributed by atoms with Gasteiger partial charge < -0.3 is 15.0 Å². The van der Waals surface area contributed by atoms with E-state index in [9.17, 15) is 0 Å². The SMILES string of the molecule is CCOC1CC(NCC(C(C)C)N(C)C)C1(C)C. The van der Waals surface area contributed by atoms with Gasteiger partial charge in [-0.3, -0.25) is 0 Å². The average molecular weight is 256 g/mol. The van der Waals surface area contributed by atoms with Crippen LogP contribution < -0.4 is 5.32 Å². The van der Waals surface area contributed by atoms with Gasteiger partial charge in [0, 0.05) is 30.7 Å². The summed E-state index contributed by atoms with van der Waals surface area (Å²) in [5, 5.41) is 3.74. The summed E-state index contributed by atoms with van der Waals surface area (Å²) in [6, 6.07) is 1.20. The molecule has 108 valence electrons. The second kappa shape index (κ2) is 6.36. The van der Waals surface area contributed by atoms with Gasteiger partial charge in [-0.2, -0.15) is 0 Å². The molecule has 0 heterocycles. The Bertz CT molecular complexity index is 243. The third kappa shape index (κ3) is 3.46. The summed E-state index contributed by atoms with van der Waals surface area (Å²) in [4.78, 5) is 2.32. The fourth-order valence-corrected chi connectivity index (χ4v) is 2.99. The molecule has 0 spiro atoms. The lowest BCUT2D eigenvalue weighted by Gasteiger charge is -2.52. The van der Waals surface area contributed by atoms with E-state index in [0.29, 0.717) is 24.1 Å². The fourth-order valence-electron chi connectivity index (χ4n) is 2.99. The van der Waals surface area contributed by atoms with Gasteiger partial charge >= 0.3 is 0 Å². The van der Waals surface area contributed by atoms with E-state index in [1.54, 1.807) is 0 Å². The van der Waals surface area contributed by atoms with Crippen molar-refractivity contribution in [3.8, 4) is 0 Å². The maximum Gasteiger partial charge on any atom is 0.0655 e. The van der Waals surface area contributed by atoms with E-state index in [1.807, 2.05) is 0 Å². The van der Waals surface area contributed by atoms with Crippen LogP contribution in [0.2, 0.25) is 0 Å². The van der Waals surface area contributed by atoms with Gasteiger partial charge in [-0.1, -0.05) is 27.7 Å². The zero-order chi connectivity index (χ0) is 13.9. The number of likely N-dealkylation sites (N-methyl/N-ethyl adjacent to an activating group) is 1. The van der Waals surface area contributed by atoms with Crippen molar-refractivity contribution < 1.29 is 4.74 Å². The lowest BCUT2D eigenvalue weighted by Crippen LogP contribution is -2.62. The Morgan fingerprint density at radius 2 is 1.94 bits per heavy atom. The highest BCUT2D eigenvalue weighted by Crippen LogP contribution is 2.42. The zero-order valence-electron chi connectivity index (χ0n) is 13.3. The highest BCUT2D eigenvalue weighted by Gasteiger charge is 2.48. The molecule has 1 aliphatic rings. The number of nitrogens with one attached hydrogen (secondary N) is 1. The van der Waals surface area contributed by atoms with Crippen LogP contribution in [0.25, 0.3) is 0 Å². The Morgan fingerprint density at radius 3 is 2.33 bits per heavy atom. The van der Waals surface area contributed by atoms with E-state index >= 15 is 0 Å². The molecule has 1 fully saturated rings. The Morgan fingerprint density at radius 1 is 1.33 bits per heavy atom. The molecule has 0 saturated heterocycles. The van der Waals surface area contributed by atoms with Crippen LogP contribution in [0.4, 0.5) is 0 Å². The molecule has 0 aromatic heterocycles. The van der Waals surface area contributed by atoms with E-state index < -0.39 is 0 Å². The predicted molar refractivity (Wildman–Crippen MR) is 77.9 cm³/mol. The molecule has 3 unspecified atom stereocenters. The van der Waals surface area contributed by atoms with Crippen LogP contribution in [0.1, 0.15) is 41.0 Å². The summed E-state index contributed by atoms with van der Waals surface area (Å²) >= 11 is 0. The van der Waals surface area contributed by atoms with Crippen LogP contribution in [-0.2, 0) is 4.74 Å². The minimum atomic E-state index is 0.268. The summed E-state index contributed by atoms with van der Waals surface area (Å²) in [7, 11) is 4.34. The summed E-state index contributed by atoms with van der Waals surface area (Å²) < 4.78 is 5.77. The Kier molecular flexibility index (Phi) is 5.63. The maximum absolute atomic E-state index is 5.77. The molecule has 0 bridgehead atoms. The lowest BCUT2D eigenvalue weighted by molar-refractivity contribution is -0.115. The van der Waals surface area contributed by atoms with Crippen LogP contribution in [-0.4, -0.2) is 50.3 Å². The molecule has 1 saturated carbocycles. The van der Waals surface area contributed by atoms with Gasteiger partial charge in [0.15, 0.2) is 0 Å². The smallest absolute Gasteiger partial charge is 0.0655 e. The molecule has 0 aromatic carbocycles. The molecule has 3 atom stereocenters. The van der Waals surface area contributed by atoms with Crippen molar-refractivity contribution in [3.63, 3.8) is 0 Å². The van der Waals surface area contributed by atoms with Crippen molar-refractivity contribution in [3.05, 3.63) is 0 Å². The molecule has 18 heavy (non-hydrogen) atoms. The molecule has 1 N–H and O–H groups in total. The first-order valence-electron chi connectivity index (χ1n) is 7.32. The summed E-state index contributed by atoms with van der Waals surface area (Å²) in [5.74, 6) is 0.679. The molecular formula is C15H32N2O. The predicted octanol–water partition coefficient (Wildman–Crippen LogP) is 2.37. The van der Waals surface area contributed by atoms with Crippen molar-refractivity contribution in [2.24, 2.45) is 11.3 Å². The minimum absolute atomic E-state index is 0.268. The molecule has 0 amide bonds. The summed E-state index contributed by atoms with van der Waals surface area (Å²) in [6.07, 6.45) is 1.58. The second-order valence-electron chi connectivity index (χ2n) is 6.74. The van der Waals surface area contributed by atoms with Crippen molar-refractivity contribution in [2.75, 3.05) is 27.2 Å². The first kappa shape index (κ1) is 15.9. The standard InChI is InChI=1S/C15H32N2O/c1-8-18-14-9-13(15(14,4)5)16-10-12(11(2)3)17(6)7/h11-14,16H,8-10H2,1-7H3. The normalized spacial score (nSPS) is 28.5. The molecule has 1 rings (SSSR count). The molecule has 3 nitrogen and oxygen atoms in total. The van der Waals surface area contributed by atoms with Crippen LogP contribution in [0.15, 0.2) is 0 Å². The largest absolute Gasteiger partial charge is 0.378 e. The van der Waals surface area contributed by atoms with Gasteiger partial charge in [0.1, 0.15) is 0 Å². The van der Waals surface area contributed by atoms with E-state index in [1.165, 1.54) is 0 Å². The third-order valence-corrected chi connectivity index (χ3v) is 4.55. The Hall–Kier alpha value is -0.120. The second-order valence-corrected chi connectivity index (χ2v) is 6.74. The number of hydrogen-bond acceptors (Lipinski definition) is 3. The quantitative estimate of drug-likeness (QED) is 0.757. The monoisotopic (exact) mass is 256 g/mol. The lowest BCUT2D eigenvalue weighted by atomic mass is 9.64. The highest BCUT2D eigenvalue weighted by molar-refractivity contribution is 5.03. The van der Waals surface area contributed by atoms with Gasteiger partial charge in [0.2, 0.25) is 0 Å². The van der Waals surface area contributed by atoms with E-state index in [2.05, 4.69) is 58.9 Å². The van der Waals surface area contributed by atoms with Gasteiger partial charge in [-0.05, 0) is 33.4 Å². The van der Waals surface area contributed by atoms with Crippen molar-refractivity contribution in [1.82, 2.24) is 10.2 Å². The first-order chi connectivity index (χ1) is 8.30. The van der Waals surface area contributed by atoms with E-state index in [4.69, 9.17) is 4.74 Å². The average Bonchev–Trinajstić information content (AvgIpc) is 2.25. The van der Waals surface area contributed by atoms with Gasteiger partial charge in [-0.25, -0.2) is 0 Å². The van der Waals surface area contributed by atoms with E-state index in [0.717, 1.165) is 19.6 Å². The Labute approximate surface area is 113 Å². The fraction of sp³-hybridized carbons (Fsp3) is 1.00. The van der Waals surface area contributed by atoms with Crippen molar-refractivity contribution in [2.45, 2.75) is 59.2 Å². The molecule has 0 radical (unpaired) electrons. The van der Waals surface area contributed by atoms with Gasteiger partial charge in [-0.15, -0.1) is 0 Å². The molecule has 3 heteroatoms. The number of hydrogen-bond donors (Lipinski definition) is 1. The van der Waals surface area contributed by atoms with Crippen LogP contribution in [0.5, 0.6) is 0 Å². The molecule has 0 aromatic rings. The van der Waals surface area contributed by atoms with Crippen LogP contribution in [0, 0.1) is 11.3 Å². The van der Waals surface area contributed by atoms with Gasteiger partial charge in [0.05, 0.1) is 6.10 Å². The number of nitrogens with zero attached hydrogens (tertiary/aromatic N) is 1. The molecular weight excluding hydrogens is 224 g/mol. The summed E-state index contributed by atoms with van der Waals surface area (Å²) in [5.41, 5.74) is 0.268. The van der Waals surface area contributed by atoms with Crippen molar-refractivity contribution >= 4 is 0 Å². The minimum Gasteiger partial charge on any atom is -0.378 e. The number of rotatable bonds is 7.